The van der Waals surface area contributed by atoms with Gasteiger partial charge >= 0.3 is 5.97 Å². The van der Waals surface area contributed by atoms with Gasteiger partial charge in [-0.1, -0.05) is 6.92 Å². The molecule has 0 aliphatic rings. The molecule has 0 aromatic carbocycles. The number of rotatable bonds is 5. The predicted octanol–water partition coefficient (Wildman–Crippen LogP) is 1.67. The maximum Gasteiger partial charge on any atom is 0.354 e. The summed E-state index contributed by atoms with van der Waals surface area (Å²) in [5.41, 5.74) is 0.719. The number of methoxy groups -OCH3 is 1. The van der Waals surface area contributed by atoms with Gasteiger partial charge < -0.3 is 19.0 Å². The molecule has 0 fully saturated rings. The second-order valence-electron chi connectivity index (χ2n) is 5.51. The summed E-state index contributed by atoms with van der Waals surface area (Å²) in [7, 11) is 4.50. The summed E-state index contributed by atoms with van der Waals surface area (Å²) < 4.78 is 7.57. The van der Waals surface area contributed by atoms with E-state index in [0.717, 1.165) is 0 Å². The minimum Gasteiger partial charge on any atom is -0.507 e. The summed E-state index contributed by atoms with van der Waals surface area (Å²) in [6.45, 7) is 1.85. The molecule has 2 aromatic heterocycles. The van der Waals surface area contributed by atoms with Crippen molar-refractivity contribution in [2.75, 3.05) is 7.11 Å². The molecule has 0 amide bonds. The summed E-state index contributed by atoms with van der Waals surface area (Å²) in [6.07, 6.45) is 3.23. The number of esters is 1. The summed E-state index contributed by atoms with van der Waals surface area (Å²) in [4.78, 5) is 36.2. The Morgan fingerprint density at radius 3 is 2.52 bits per heavy atom. The molecule has 0 unspecified atom stereocenters. The Bertz CT molecular complexity index is 918. The molecule has 0 aliphatic carbocycles. The Morgan fingerprint density at radius 1 is 1.24 bits per heavy atom. The van der Waals surface area contributed by atoms with Crippen molar-refractivity contribution in [2.45, 2.75) is 13.3 Å². The molecule has 0 saturated carbocycles. The van der Waals surface area contributed by atoms with E-state index in [2.05, 4.69) is 4.74 Å². The number of allylic oxidation sites excluding steroid dienone is 1. The van der Waals surface area contributed by atoms with Gasteiger partial charge in [-0.15, -0.1) is 0 Å². The number of aryl methyl sites for hydroxylation is 1. The molecule has 0 bridgehead atoms. The first-order valence-electron chi connectivity index (χ1n) is 7.70. The molecule has 2 aromatic rings. The molecule has 0 saturated heterocycles. The zero-order chi connectivity index (χ0) is 18.7. The van der Waals surface area contributed by atoms with Crippen LogP contribution in [0.15, 0.2) is 29.1 Å². The Balaban J connectivity index is 2.37. The number of aromatic nitrogens is 2. The van der Waals surface area contributed by atoms with Crippen molar-refractivity contribution >= 4 is 17.8 Å². The van der Waals surface area contributed by atoms with Gasteiger partial charge in [0.1, 0.15) is 17.0 Å². The molecule has 0 spiro atoms. The van der Waals surface area contributed by atoms with Crippen molar-refractivity contribution in [3.8, 4) is 5.75 Å². The van der Waals surface area contributed by atoms with E-state index in [1.54, 1.807) is 30.8 Å². The second kappa shape index (κ2) is 7.21. The minimum absolute atomic E-state index is 0.279. The molecule has 7 heteroatoms. The largest absolute Gasteiger partial charge is 0.507 e. The monoisotopic (exact) mass is 344 g/mol. The molecule has 1 N–H and O–H groups in total. The molecule has 0 aliphatic heterocycles. The van der Waals surface area contributed by atoms with Crippen molar-refractivity contribution < 1.29 is 19.4 Å². The third kappa shape index (κ3) is 3.40. The smallest absolute Gasteiger partial charge is 0.354 e. The summed E-state index contributed by atoms with van der Waals surface area (Å²) in [5, 5.41) is 10.0. The zero-order valence-corrected chi connectivity index (χ0v) is 14.6. The highest BCUT2D eigenvalue weighted by Crippen LogP contribution is 2.17. The third-order valence-electron chi connectivity index (χ3n) is 4.08. The lowest BCUT2D eigenvalue weighted by Crippen LogP contribution is -2.26. The van der Waals surface area contributed by atoms with Gasteiger partial charge in [-0.2, -0.15) is 0 Å². The van der Waals surface area contributed by atoms with Crippen LogP contribution >= 0.6 is 0 Å². The molecule has 2 heterocycles. The number of nitrogens with zero attached hydrogens (tertiary/aromatic N) is 2. The van der Waals surface area contributed by atoms with Gasteiger partial charge in [-0.05, 0) is 30.7 Å². The first-order valence-corrected chi connectivity index (χ1v) is 7.70. The van der Waals surface area contributed by atoms with Crippen LogP contribution in [0.2, 0.25) is 0 Å². The van der Waals surface area contributed by atoms with E-state index in [9.17, 15) is 19.5 Å². The number of carbonyl (C=O) groups is 2. The summed E-state index contributed by atoms with van der Waals surface area (Å²) >= 11 is 0. The van der Waals surface area contributed by atoms with Crippen LogP contribution < -0.4 is 5.56 Å². The number of aromatic hydroxyl groups is 1. The van der Waals surface area contributed by atoms with Crippen LogP contribution in [0, 0.1) is 0 Å². The molecule has 7 nitrogen and oxygen atoms in total. The fourth-order valence-electron chi connectivity index (χ4n) is 2.55. The second-order valence-corrected chi connectivity index (χ2v) is 5.51. The van der Waals surface area contributed by atoms with Crippen molar-refractivity contribution in [3.05, 3.63) is 57.3 Å². The Kier molecular flexibility index (Phi) is 5.26. The Labute approximate surface area is 144 Å². The lowest BCUT2D eigenvalue weighted by Gasteiger charge is -2.09. The third-order valence-corrected chi connectivity index (χ3v) is 4.08. The Morgan fingerprint density at radius 2 is 1.92 bits per heavy atom. The van der Waals surface area contributed by atoms with E-state index >= 15 is 0 Å². The molecule has 0 atom stereocenters. The fraction of sp³-hybridized carbons (Fsp3) is 0.278. The first-order chi connectivity index (χ1) is 11.8. The molecule has 25 heavy (non-hydrogen) atoms. The van der Waals surface area contributed by atoms with Crippen LogP contribution in [0.4, 0.5) is 0 Å². The molecular weight excluding hydrogens is 324 g/mol. The van der Waals surface area contributed by atoms with Crippen molar-refractivity contribution in [2.24, 2.45) is 14.1 Å². The van der Waals surface area contributed by atoms with Crippen LogP contribution in [-0.4, -0.2) is 33.1 Å². The van der Waals surface area contributed by atoms with E-state index in [1.807, 2.05) is 6.92 Å². The average Bonchev–Trinajstić information content (AvgIpc) is 2.96. The number of hydrogen-bond donors (Lipinski definition) is 1. The predicted molar refractivity (Wildman–Crippen MR) is 92.8 cm³/mol. The quantitative estimate of drug-likeness (QED) is 0.506. The lowest BCUT2D eigenvalue weighted by molar-refractivity contribution is 0.0589. The number of carbonyl (C=O) groups excluding carboxylic acids is 2. The van der Waals surface area contributed by atoms with Crippen molar-refractivity contribution in [1.82, 2.24) is 9.13 Å². The fourth-order valence-corrected chi connectivity index (χ4v) is 2.55. The van der Waals surface area contributed by atoms with Gasteiger partial charge in [0.05, 0.1) is 7.11 Å². The molecule has 0 radical (unpaired) electrons. The van der Waals surface area contributed by atoms with Gasteiger partial charge in [0.15, 0.2) is 5.78 Å². The molecular formula is C18H20N2O5. The van der Waals surface area contributed by atoms with Gasteiger partial charge in [0.25, 0.3) is 5.56 Å². The lowest BCUT2D eigenvalue weighted by atomic mass is 10.1. The molecule has 132 valence electrons. The number of pyridine rings is 1. The average molecular weight is 344 g/mol. The highest BCUT2D eigenvalue weighted by molar-refractivity contribution is 6.08. The SMILES string of the molecule is CCc1cc(O)c(C(=O)/C=C/c2ccc(C(=O)OC)n2C)c(=O)n1C. The maximum atomic E-state index is 12.4. The van der Waals surface area contributed by atoms with Crippen molar-refractivity contribution in [3.63, 3.8) is 0 Å². The van der Waals surface area contributed by atoms with E-state index in [0.29, 0.717) is 23.5 Å². The Hall–Kier alpha value is -3.09. The van der Waals surface area contributed by atoms with E-state index in [-0.39, 0.29) is 11.3 Å². The van der Waals surface area contributed by atoms with Gasteiger partial charge in [-0.25, -0.2) is 4.79 Å². The van der Waals surface area contributed by atoms with Crippen molar-refractivity contribution in [1.29, 1.82) is 0 Å². The number of hydrogen-bond acceptors (Lipinski definition) is 5. The van der Waals surface area contributed by atoms with E-state index < -0.39 is 17.3 Å². The van der Waals surface area contributed by atoms with E-state index in [4.69, 9.17) is 0 Å². The highest BCUT2D eigenvalue weighted by atomic mass is 16.5. The van der Waals surface area contributed by atoms with Gasteiger partial charge in [0, 0.05) is 31.5 Å². The van der Waals surface area contributed by atoms with Crippen LogP contribution in [-0.2, 0) is 25.3 Å². The standard InChI is InChI=1S/C18H20N2O5/c1-5-11-10-15(22)16(17(23)20(11)3)14(21)9-7-12-6-8-13(19(12)2)18(24)25-4/h6-10,22H,5H2,1-4H3/b9-7+. The molecule has 2 rings (SSSR count). The summed E-state index contributed by atoms with van der Waals surface area (Å²) in [6, 6.07) is 4.64. The van der Waals surface area contributed by atoms with E-state index in [1.165, 1.54) is 29.9 Å². The zero-order valence-electron chi connectivity index (χ0n) is 14.6. The maximum absolute atomic E-state index is 12.4. The minimum atomic E-state index is -0.610. The van der Waals surface area contributed by atoms with Crippen LogP contribution in [0.3, 0.4) is 0 Å². The first kappa shape index (κ1) is 18.3. The van der Waals surface area contributed by atoms with Crippen LogP contribution in [0.1, 0.15) is 39.2 Å². The summed E-state index contributed by atoms with van der Waals surface area (Å²) in [5.74, 6) is -1.44. The number of ketones is 1. The van der Waals surface area contributed by atoms with Crippen LogP contribution in [0.25, 0.3) is 6.08 Å². The normalized spacial score (nSPS) is 11.0. The topological polar surface area (TPSA) is 90.5 Å². The number of ether oxygens (including phenoxy) is 1. The van der Waals surface area contributed by atoms with Gasteiger partial charge in [0.2, 0.25) is 0 Å². The highest BCUT2D eigenvalue weighted by Gasteiger charge is 2.17. The van der Waals surface area contributed by atoms with Gasteiger partial charge in [-0.3, -0.25) is 9.59 Å². The van der Waals surface area contributed by atoms with Crippen LogP contribution in [0.5, 0.6) is 5.75 Å².